The average molecular weight is 665 g/mol. The second-order valence-electron chi connectivity index (χ2n) is 15.5. The molecule has 0 bridgehead atoms. The summed E-state index contributed by atoms with van der Waals surface area (Å²) in [4.78, 5) is 5.24. The summed E-state index contributed by atoms with van der Waals surface area (Å²) < 4.78 is 0. The number of benzene rings is 1. The highest BCUT2D eigenvalue weighted by molar-refractivity contribution is 5.21. The van der Waals surface area contributed by atoms with Crippen molar-refractivity contribution in [2.45, 2.75) is 232 Å². The van der Waals surface area contributed by atoms with Gasteiger partial charge in [0.25, 0.3) is 0 Å². The Morgan fingerprint density at radius 3 is 0.854 bits per heavy atom. The Kier molecular flexibility index (Phi) is 29.1. The molecule has 1 atom stereocenters. The fraction of sp³-hybridized carbons (Fsp3) is 0.826. The zero-order chi connectivity index (χ0) is 34.0. The van der Waals surface area contributed by atoms with Crippen molar-refractivity contribution in [3.8, 4) is 0 Å². The minimum Gasteiger partial charge on any atom is -0.352 e. The molecule has 1 heterocycles. The van der Waals surface area contributed by atoms with Crippen LogP contribution < -0.4 is 0 Å². The van der Waals surface area contributed by atoms with Crippen LogP contribution in [0.3, 0.4) is 0 Å². The zero-order valence-corrected chi connectivity index (χ0v) is 32.8. The molecule has 0 saturated heterocycles. The maximum atomic E-state index is 2.62. The van der Waals surface area contributed by atoms with Gasteiger partial charge in [0.2, 0.25) is 0 Å². The van der Waals surface area contributed by atoms with Crippen molar-refractivity contribution in [1.29, 1.82) is 0 Å². The third-order valence-corrected chi connectivity index (χ3v) is 11.0. The van der Waals surface area contributed by atoms with Crippen molar-refractivity contribution in [2.24, 2.45) is 0 Å². The molecule has 0 amide bonds. The first-order valence-electron chi connectivity index (χ1n) is 22.1. The van der Waals surface area contributed by atoms with E-state index in [1.54, 1.807) is 0 Å². The van der Waals surface area contributed by atoms with E-state index in [0.717, 1.165) is 0 Å². The molecular formula is C46H84N2. The van der Waals surface area contributed by atoms with Crippen molar-refractivity contribution >= 4 is 0 Å². The van der Waals surface area contributed by atoms with E-state index in [1.807, 2.05) is 0 Å². The van der Waals surface area contributed by atoms with Crippen LogP contribution in [0.4, 0.5) is 0 Å². The predicted molar refractivity (Wildman–Crippen MR) is 215 cm³/mol. The van der Waals surface area contributed by atoms with Gasteiger partial charge >= 0.3 is 0 Å². The molecule has 0 N–H and O–H groups in total. The highest BCUT2D eigenvalue weighted by Gasteiger charge is 2.26. The lowest BCUT2D eigenvalue weighted by molar-refractivity contribution is 0.149. The Hall–Kier alpha value is -1.44. The minimum absolute atomic E-state index is 0.392. The minimum atomic E-state index is 0.392. The molecule has 0 spiro atoms. The maximum absolute atomic E-state index is 2.62. The SMILES string of the molecule is CCCCCCCCCCCCCCCCCCCN1C=CN(CCCCCCCCCCCCCCCCCC)C1c1ccccc1. The summed E-state index contributed by atoms with van der Waals surface area (Å²) in [6.07, 6.45) is 52.6. The summed E-state index contributed by atoms with van der Waals surface area (Å²) in [5, 5.41) is 0. The molecule has 1 aromatic carbocycles. The normalized spacial score (nSPS) is 14.5. The molecule has 1 aliphatic rings. The van der Waals surface area contributed by atoms with Gasteiger partial charge in [-0.25, -0.2) is 0 Å². The quantitative estimate of drug-likeness (QED) is 0.0659. The molecule has 48 heavy (non-hydrogen) atoms. The average Bonchev–Trinajstić information content (AvgIpc) is 3.52. The molecule has 1 aliphatic heterocycles. The van der Waals surface area contributed by atoms with Gasteiger partial charge < -0.3 is 9.80 Å². The Morgan fingerprint density at radius 2 is 0.583 bits per heavy atom. The van der Waals surface area contributed by atoms with E-state index in [-0.39, 0.29) is 0 Å². The topological polar surface area (TPSA) is 6.48 Å². The molecule has 1 unspecified atom stereocenters. The fourth-order valence-corrected chi connectivity index (χ4v) is 7.79. The summed E-state index contributed by atoms with van der Waals surface area (Å²) >= 11 is 0. The van der Waals surface area contributed by atoms with Crippen LogP contribution in [0, 0.1) is 0 Å². The van der Waals surface area contributed by atoms with Crippen LogP contribution in [0.15, 0.2) is 42.7 Å². The molecule has 2 heteroatoms. The molecule has 0 aromatic heterocycles. The van der Waals surface area contributed by atoms with E-state index in [0.29, 0.717) is 6.17 Å². The van der Waals surface area contributed by atoms with Crippen LogP contribution in [0.2, 0.25) is 0 Å². The van der Waals surface area contributed by atoms with E-state index in [4.69, 9.17) is 0 Å². The number of unbranched alkanes of at least 4 members (excludes halogenated alkanes) is 31. The predicted octanol–water partition coefficient (Wildman–Crippen LogP) is 15.7. The van der Waals surface area contributed by atoms with Crippen LogP contribution in [0.5, 0.6) is 0 Å². The molecule has 0 aliphatic carbocycles. The lowest BCUT2D eigenvalue weighted by Gasteiger charge is -2.33. The van der Waals surface area contributed by atoms with Gasteiger partial charge in [-0.1, -0.05) is 243 Å². The standard InChI is InChI=1S/C46H84N2/c1-3-5-7-9-11-13-15-17-19-21-23-25-27-29-31-33-38-42-48-44-43-47(46(48)45-39-35-34-36-40-45)41-37-32-30-28-26-24-22-20-18-16-14-12-10-8-6-4-2/h34-36,39-40,43-44,46H,3-33,37-38,41-42H2,1-2H3. The van der Waals surface area contributed by atoms with Gasteiger partial charge in [0.1, 0.15) is 6.17 Å². The van der Waals surface area contributed by atoms with Crippen molar-refractivity contribution in [1.82, 2.24) is 9.80 Å². The zero-order valence-electron chi connectivity index (χ0n) is 32.8. The smallest absolute Gasteiger partial charge is 0.127 e. The molecule has 0 saturated carbocycles. The van der Waals surface area contributed by atoms with E-state index < -0.39 is 0 Å². The number of nitrogens with zero attached hydrogens (tertiary/aromatic N) is 2. The molecule has 2 nitrogen and oxygen atoms in total. The van der Waals surface area contributed by atoms with Crippen molar-refractivity contribution < 1.29 is 0 Å². The third-order valence-electron chi connectivity index (χ3n) is 11.0. The second-order valence-corrected chi connectivity index (χ2v) is 15.5. The molecular weight excluding hydrogens is 581 g/mol. The van der Waals surface area contributed by atoms with E-state index >= 15 is 0 Å². The van der Waals surface area contributed by atoms with Crippen molar-refractivity contribution in [3.63, 3.8) is 0 Å². The van der Waals surface area contributed by atoms with Gasteiger partial charge in [-0.2, -0.15) is 0 Å². The highest BCUT2D eigenvalue weighted by atomic mass is 15.4. The van der Waals surface area contributed by atoms with Crippen LogP contribution >= 0.6 is 0 Å². The second kappa shape index (κ2) is 32.7. The number of hydrogen-bond acceptors (Lipinski definition) is 2. The Bertz CT molecular complexity index is 804. The molecule has 1 aromatic rings. The largest absolute Gasteiger partial charge is 0.352 e. The number of hydrogen-bond donors (Lipinski definition) is 0. The lowest BCUT2D eigenvalue weighted by Crippen LogP contribution is -2.32. The van der Waals surface area contributed by atoms with Gasteiger partial charge in [-0.3, -0.25) is 0 Å². The molecule has 278 valence electrons. The molecule has 0 radical (unpaired) electrons. The van der Waals surface area contributed by atoms with Crippen LogP contribution in [0.1, 0.15) is 237 Å². The Labute approximate surface area is 302 Å². The first-order chi connectivity index (χ1) is 23.9. The van der Waals surface area contributed by atoms with Gasteiger partial charge in [0.15, 0.2) is 0 Å². The lowest BCUT2D eigenvalue weighted by atomic mass is 10.0. The fourth-order valence-electron chi connectivity index (χ4n) is 7.79. The van der Waals surface area contributed by atoms with E-state index in [1.165, 1.54) is 231 Å². The monoisotopic (exact) mass is 665 g/mol. The molecule has 2 rings (SSSR count). The summed E-state index contributed by atoms with van der Waals surface area (Å²) in [6, 6.07) is 11.3. The van der Waals surface area contributed by atoms with Gasteiger partial charge in [0, 0.05) is 25.5 Å². The van der Waals surface area contributed by atoms with Crippen LogP contribution in [-0.4, -0.2) is 22.9 Å². The van der Waals surface area contributed by atoms with Gasteiger partial charge in [-0.15, -0.1) is 0 Å². The Balaban J connectivity index is 1.45. The van der Waals surface area contributed by atoms with Crippen LogP contribution in [0.25, 0.3) is 0 Å². The first kappa shape index (κ1) is 42.7. The van der Waals surface area contributed by atoms with E-state index in [2.05, 4.69) is 66.4 Å². The Morgan fingerprint density at radius 1 is 0.333 bits per heavy atom. The summed E-state index contributed by atoms with van der Waals surface area (Å²) in [5.74, 6) is 0. The van der Waals surface area contributed by atoms with E-state index in [9.17, 15) is 0 Å². The first-order valence-corrected chi connectivity index (χ1v) is 22.1. The summed E-state index contributed by atoms with van der Waals surface area (Å²) in [5.41, 5.74) is 1.45. The van der Waals surface area contributed by atoms with Crippen molar-refractivity contribution in [2.75, 3.05) is 13.1 Å². The van der Waals surface area contributed by atoms with Gasteiger partial charge in [0.05, 0.1) is 0 Å². The number of rotatable bonds is 36. The molecule has 0 fully saturated rings. The third kappa shape index (κ3) is 23.1. The van der Waals surface area contributed by atoms with Gasteiger partial charge in [-0.05, 0) is 18.4 Å². The highest BCUT2D eigenvalue weighted by Crippen LogP contribution is 2.31. The summed E-state index contributed by atoms with van der Waals surface area (Å²) in [6.45, 7) is 6.99. The van der Waals surface area contributed by atoms with Crippen molar-refractivity contribution in [3.05, 3.63) is 48.3 Å². The summed E-state index contributed by atoms with van der Waals surface area (Å²) in [7, 11) is 0. The maximum Gasteiger partial charge on any atom is 0.127 e. The van der Waals surface area contributed by atoms with Crippen LogP contribution in [-0.2, 0) is 0 Å².